The van der Waals surface area contributed by atoms with Gasteiger partial charge in [0.2, 0.25) is 5.91 Å². The monoisotopic (exact) mass is 499 g/mol. The molecular formula is C28H25N3O2S2. The van der Waals surface area contributed by atoms with Crippen molar-refractivity contribution >= 4 is 45.5 Å². The molecule has 5 nitrogen and oxygen atoms in total. The fourth-order valence-corrected chi connectivity index (χ4v) is 9.84. The SMILES string of the molecule is O=C(Cn1c2c(sc1=O)C(c1cccnc1)C1C3CCC(C3)C1S2)Nc1cccc2ccccc12. The van der Waals surface area contributed by atoms with E-state index in [9.17, 15) is 9.59 Å². The predicted molar refractivity (Wildman–Crippen MR) is 141 cm³/mol. The molecule has 3 aliphatic rings. The van der Waals surface area contributed by atoms with Crippen molar-refractivity contribution in [3.8, 4) is 0 Å². The van der Waals surface area contributed by atoms with E-state index < -0.39 is 0 Å². The van der Waals surface area contributed by atoms with E-state index in [4.69, 9.17) is 0 Å². The van der Waals surface area contributed by atoms with Crippen molar-refractivity contribution < 1.29 is 4.79 Å². The maximum absolute atomic E-state index is 13.3. The Kier molecular flexibility index (Phi) is 5.10. The van der Waals surface area contributed by atoms with Gasteiger partial charge in [-0.3, -0.25) is 19.1 Å². The van der Waals surface area contributed by atoms with Gasteiger partial charge in [0.1, 0.15) is 6.54 Å². The molecule has 2 aromatic heterocycles. The number of hydrogen-bond donors (Lipinski definition) is 1. The molecule has 7 heteroatoms. The number of thioether (sulfide) groups is 1. The smallest absolute Gasteiger partial charge is 0.308 e. The Morgan fingerprint density at radius 3 is 2.80 bits per heavy atom. The van der Waals surface area contributed by atoms with Gasteiger partial charge in [-0.05, 0) is 60.1 Å². The number of fused-ring (bicyclic) bond motifs is 7. The van der Waals surface area contributed by atoms with Crippen LogP contribution in [0.4, 0.5) is 5.69 Å². The highest BCUT2D eigenvalue weighted by Crippen LogP contribution is 2.63. The number of hydrogen-bond acceptors (Lipinski definition) is 5. The van der Waals surface area contributed by atoms with E-state index in [1.165, 1.54) is 36.2 Å². The summed E-state index contributed by atoms with van der Waals surface area (Å²) in [6, 6.07) is 18.0. The van der Waals surface area contributed by atoms with E-state index in [0.29, 0.717) is 17.1 Å². The molecule has 2 bridgehead atoms. The second kappa shape index (κ2) is 8.35. The minimum absolute atomic E-state index is 0.0339. The summed E-state index contributed by atoms with van der Waals surface area (Å²) in [5.41, 5.74) is 1.98. The number of benzene rings is 2. The molecule has 7 rings (SSSR count). The highest BCUT2D eigenvalue weighted by molar-refractivity contribution is 8.00. The summed E-state index contributed by atoms with van der Waals surface area (Å²) in [4.78, 5) is 31.9. The predicted octanol–water partition coefficient (Wildman–Crippen LogP) is 5.75. The topological polar surface area (TPSA) is 64.0 Å². The molecule has 0 spiro atoms. The van der Waals surface area contributed by atoms with Gasteiger partial charge in [-0.25, -0.2) is 0 Å². The lowest BCUT2D eigenvalue weighted by Crippen LogP contribution is -2.34. The van der Waals surface area contributed by atoms with Crippen LogP contribution in [0.15, 0.2) is 76.8 Å². The zero-order chi connectivity index (χ0) is 23.5. The van der Waals surface area contributed by atoms with Crippen LogP contribution >= 0.6 is 23.1 Å². The van der Waals surface area contributed by atoms with Crippen molar-refractivity contribution in [2.24, 2.45) is 17.8 Å². The van der Waals surface area contributed by atoms with Crippen molar-refractivity contribution in [1.29, 1.82) is 0 Å². The number of carbonyl (C=O) groups is 1. The molecular weight excluding hydrogens is 474 g/mol. The van der Waals surface area contributed by atoms with E-state index in [0.717, 1.165) is 32.3 Å². The van der Waals surface area contributed by atoms with Gasteiger partial charge in [-0.15, -0.1) is 11.8 Å². The average Bonchev–Trinajstić information content (AvgIpc) is 3.58. The zero-order valence-electron chi connectivity index (χ0n) is 19.1. The largest absolute Gasteiger partial charge is 0.324 e. The number of pyridine rings is 1. The molecule has 4 aromatic rings. The van der Waals surface area contributed by atoms with Crippen molar-refractivity contribution in [3.63, 3.8) is 0 Å². The van der Waals surface area contributed by atoms with Crippen molar-refractivity contribution in [2.75, 3.05) is 5.32 Å². The van der Waals surface area contributed by atoms with Gasteiger partial charge in [-0.1, -0.05) is 53.8 Å². The number of rotatable bonds is 4. The lowest BCUT2D eigenvalue weighted by Gasteiger charge is -2.40. The minimum Gasteiger partial charge on any atom is -0.324 e. The Hall–Kier alpha value is -2.90. The third kappa shape index (κ3) is 3.47. The molecule has 5 unspecified atom stereocenters. The van der Waals surface area contributed by atoms with Crippen molar-refractivity contribution in [2.45, 2.75) is 42.0 Å². The van der Waals surface area contributed by atoms with Gasteiger partial charge in [-0.2, -0.15) is 0 Å². The molecule has 1 amide bonds. The van der Waals surface area contributed by atoms with Crippen LogP contribution in [-0.4, -0.2) is 20.7 Å². The third-order valence-corrected chi connectivity index (χ3v) is 10.9. The Morgan fingerprint density at radius 2 is 1.91 bits per heavy atom. The zero-order valence-corrected chi connectivity index (χ0v) is 20.7. The molecule has 2 aliphatic carbocycles. The fraction of sp³-hybridized carbons (Fsp3) is 0.321. The Morgan fingerprint density at radius 1 is 1.06 bits per heavy atom. The quantitative estimate of drug-likeness (QED) is 0.388. The third-order valence-electron chi connectivity index (χ3n) is 8.10. The second-order valence-corrected chi connectivity index (χ2v) is 12.1. The summed E-state index contributed by atoms with van der Waals surface area (Å²) in [6.45, 7) is 0.0339. The van der Waals surface area contributed by atoms with Gasteiger partial charge in [0.05, 0.1) is 5.03 Å². The van der Waals surface area contributed by atoms with Crippen LogP contribution in [0.1, 0.15) is 35.6 Å². The summed E-state index contributed by atoms with van der Waals surface area (Å²) in [6.07, 6.45) is 7.64. The average molecular weight is 500 g/mol. The molecule has 5 atom stereocenters. The van der Waals surface area contributed by atoms with Crippen LogP contribution in [0, 0.1) is 17.8 Å². The summed E-state index contributed by atoms with van der Waals surface area (Å²) >= 11 is 3.19. The van der Waals surface area contributed by atoms with Crippen LogP contribution < -0.4 is 10.2 Å². The van der Waals surface area contributed by atoms with Crippen molar-refractivity contribution in [1.82, 2.24) is 9.55 Å². The lowest BCUT2D eigenvalue weighted by atomic mass is 9.75. The number of carbonyl (C=O) groups excluding carboxylic acids is 1. The molecule has 2 fully saturated rings. The molecule has 2 saturated carbocycles. The molecule has 176 valence electrons. The number of anilines is 1. The number of amides is 1. The molecule has 1 N–H and O–H groups in total. The van der Waals surface area contributed by atoms with Crippen LogP contribution in [-0.2, 0) is 11.3 Å². The van der Waals surface area contributed by atoms with Gasteiger partial charge < -0.3 is 5.32 Å². The van der Waals surface area contributed by atoms with Crippen LogP contribution in [0.5, 0.6) is 0 Å². The van der Waals surface area contributed by atoms with E-state index in [1.54, 1.807) is 4.57 Å². The first-order valence-electron chi connectivity index (χ1n) is 12.2. The van der Waals surface area contributed by atoms with Crippen LogP contribution in [0.3, 0.4) is 0 Å². The molecule has 35 heavy (non-hydrogen) atoms. The standard InChI is InChI=1S/C28H25N3O2S2/c32-22(30-21-9-3-6-16-5-1-2-8-20(16)21)15-31-27-26(35-28(31)33)24(19-7-4-12-29-14-19)23-17-10-11-18(13-17)25(23)34-27/h1-9,12,14,17-18,23-25H,10-11,13,15H2,(H,30,32). The summed E-state index contributed by atoms with van der Waals surface area (Å²) in [7, 11) is 0. The first-order chi connectivity index (χ1) is 17.2. The second-order valence-electron chi connectivity index (χ2n) is 9.96. The van der Waals surface area contributed by atoms with E-state index in [1.807, 2.05) is 72.7 Å². The van der Waals surface area contributed by atoms with E-state index >= 15 is 0 Å². The fourth-order valence-electron chi connectivity index (χ4n) is 6.69. The summed E-state index contributed by atoms with van der Waals surface area (Å²) in [5, 5.41) is 6.64. The Bertz CT molecular complexity index is 1490. The summed E-state index contributed by atoms with van der Waals surface area (Å²) in [5.74, 6) is 2.00. The van der Waals surface area contributed by atoms with Crippen LogP contribution in [0.2, 0.25) is 0 Å². The van der Waals surface area contributed by atoms with Gasteiger partial charge >= 0.3 is 4.87 Å². The molecule has 0 saturated heterocycles. The highest BCUT2D eigenvalue weighted by atomic mass is 32.2. The Labute approximate surface area is 211 Å². The number of thiazole rings is 1. The molecule has 2 aromatic carbocycles. The van der Waals surface area contributed by atoms with Gasteiger partial charge in [0, 0.05) is 39.5 Å². The lowest BCUT2D eigenvalue weighted by molar-refractivity contribution is -0.116. The molecule has 3 heterocycles. The van der Waals surface area contributed by atoms with Gasteiger partial charge in [0.25, 0.3) is 0 Å². The minimum atomic E-state index is -0.169. The Balaban J connectivity index is 1.24. The highest BCUT2D eigenvalue weighted by Gasteiger charge is 2.55. The number of aromatic nitrogens is 2. The molecule has 1 aliphatic heterocycles. The first kappa shape index (κ1) is 21.4. The maximum atomic E-state index is 13.3. The van der Waals surface area contributed by atoms with Crippen LogP contribution in [0.25, 0.3) is 10.8 Å². The number of nitrogens with zero attached hydrogens (tertiary/aromatic N) is 2. The maximum Gasteiger partial charge on any atom is 0.308 e. The van der Waals surface area contributed by atoms with E-state index in [2.05, 4.69) is 16.4 Å². The normalized spacial score (nSPS) is 26.5. The first-order valence-corrected chi connectivity index (χ1v) is 13.9. The van der Waals surface area contributed by atoms with Gasteiger partial charge in [0.15, 0.2) is 0 Å². The van der Waals surface area contributed by atoms with E-state index in [-0.39, 0.29) is 23.2 Å². The molecule has 0 radical (unpaired) electrons. The number of nitrogens with one attached hydrogen (secondary N) is 1. The van der Waals surface area contributed by atoms with Crippen molar-refractivity contribution in [3.05, 3.63) is 87.1 Å². The summed E-state index contributed by atoms with van der Waals surface area (Å²) < 4.78 is 1.72.